The lowest BCUT2D eigenvalue weighted by Crippen LogP contribution is -2.33. The molecule has 0 spiro atoms. The molecule has 6 heteroatoms. The van der Waals surface area contributed by atoms with E-state index in [1.54, 1.807) is 0 Å². The van der Waals surface area contributed by atoms with Gasteiger partial charge in [0.1, 0.15) is 18.0 Å². The Balaban J connectivity index is 1.64. The second kappa shape index (κ2) is 7.29. The minimum atomic E-state index is -0.304. The summed E-state index contributed by atoms with van der Waals surface area (Å²) in [5.74, 6) is 2.13. The lowest BCUT2D eigenvalue weighted by atomic mass is 9.99. The quantitative estimate of drug-likeness (QED) is 0.903. The van der Waals surface area contributed by atoms with E-state index in [0.29, 0.717) is 5.82 Å². The SMILES string of the molecule is Cc1ccccc1NC(=O)Nc1cc(N2CCC(C)CC2)ncn1. The molecule has 1 aliphatic heterocycles. The molecule has 2 N–H and O–H groups in total. The van der Waals surface area contributed by atoms with Crippen LogP contribution in [0.15, 0.2) is 36.7 Å². The van der Waals surface area contributed by atoms with E-state index in [2.05, 4.69) is 32.4 Å². The van der Waals surface area contributed by atoms with Gasteiger partial charge < -0.3 is 10.2 Å². The number of carbonyl (C=O) groups is 1. The monoisotopic (exact) mass is 325 g/mol. The normalized spacial score (nSPS) is 15.2. The van der Waals surface area contributed by atoms with Crippen LogP contribution in [0.2, 0.25) is 0 Å². The molecule has 3 rings (SSSR count). The average molecular weight is 325 g/mol. The number of urea groups is 1. The van der Waals surface area contributed by atoms with Crippen LogP contribution in [0.5, 0.6) is 0 Å². The number of aryl methyl sites for hydroxylation is 1. The van der Waals surface area contributed by atoms with Crippen molar-refractivity contribution in [3.05, 3.63) is 42.2 Å². The summed E-state index contributed by atoms with van der Waals surface area (Å²) >= 11 is 0. The molecule has 1 aromatic carbocycles. The standard InChI is InChI=1S/C18H23N5O/c1-13-7-9-23(10-8-13)17-11-16(19-12-20-17)22-18(24)21-15-6-4-3-5-14(15)2/h3-6,11-13H,7-10H2,1-2H3,(H2,19,20,21,22,24). The fraction of sp³-hybridized carbons (Fsp3) is 0.389. The molecule has 0 bridgehead atoms. The van der Waals surface area contributed by atoms with E-state index in [1.807, 2.05) is 37.3 Å². The third kappa shape index (κ3) is 4.01. The van der Waals surface area contributed by atoms with Crippen LogP contribution in [-0.2, 0) is 0 Å². The molecule has 1 aliphatic rings. The topological polar surface area (TPSA) is 70.2 Å². The van der Waals surface area contributed by atoms with Crippen molar-refractivity contribution in [2.75, 3.05) is 28.6 Å². The zero-order valence-electron chi connectivity index (χ0n) is 14.1. The summed E-state index contributed by atoms with van der Waals surface area (Å²) in [4.78, 5) is 22.9. The van der Waals surface area contributed by atoms with Crippen LogP contribution < -0.4 is 15.5 Å². The predicted octanol–water partition coefficient (Wildman–Crippen LogP) is 3.67. The van der Waals surface area contributed by atoms with Gasteiger partial charge in [0, 0.05) is 24.8 Å². The van der Waals surface area contributed by atoms with Gasteiger partial charge in [-0.25, -0.2) is 14.8 Å². The zero-order valence-corrected chi connectivity index (χ0v) is 14.1. The average Bonchev–Trinajstić information content (AvgIpc) is 2.58. The number of anilines is 3. The van der Waals surface area contributed by atoms with Crippen LogP contribution in [0.4, 0.5) is 22.1 Å². The second-order valence-corrected chi connectivity index (χ2v) is 6.33. The Morgan fingerprint density at radius 2 is 1.92 bits per heavy atom. The van der Waals surface area contributed by atoms with Crippen molar-refractivity contribution in [1.29, 1.82) is 0 Å². The summed E-state index contributed by atoms with van der Waals surface area (Å²) in [6.07, 6.45) is 3.83. The molecule has 1 saturated heterocycles. The highest BCUT2D eigenvalue weighted by molar-refractivity contribution is 5.99. The Morgan fingerprint density at radius 3 is 2.67 bits per heavy atom. The number of amides is 2. The van der Waals surface area contributed by atoms with Crippen molar-refractivity contribution >= 4 is 23.4 Å². The molecule has 2 amide bonds. The summed E-state index contributed by atoms with van der Waals surface area (Å²) in [5.41, 5.74) is 1.80. The summed E-state index contributed by atoms with van der Waals surface area (Å²) in [6, 6.07) is 9.18. The highest BCUT2D eigenvalue weighted by Gasteiger charge is 2.17. The number of carbonyl (C=O) groups excluding carboxylic acids is 1. The molecule has 2 aromatic rings. The van der Waals surface area contributed by atoms with Gasteiger partial charge in [0.05, 0.1) is 0 Å². The maximum Gasteiger partial charge on any atom is 0.324 e. The largest absolute Gasteiger partial charge is 0.356 e. The Morgan fingerprint density at radius 1 is 1.17 bits per heavy atom. The van der Waals surface area contributed by atoms with E-state index in [-0.39, 0.29) is 6.03 Å². The lowest BCUT2D eigenvalue weighted by Gasteiger charge is -2.31. The highest BCUT2D eigenvalue weighted by Crippen LogP contribution is 2.22. The summed E-state index contributed by atoms with van der Waals surface area (Å²) in [5, 5.41) is 5.62. The first kappa shape index (κ1) is 16.2. The van der Waals surface area contributed by atoms with Crippen molar-refractivity contribution in [2.45, 2.75) is 26.7 Å². The van der Waals surface area contributed by atoms with Crippen LogP contribution in [0.1, 0.15) is 25.3 Å². The number of aromatic nitrogens is 2. The van der Waals surface area contributed by atoms with Gasteiger partial charge in [-0.2, -0.15) is 0 Å². The number of piperidine rings is 1. The summed E-state index contributed by atoms with van der Waals surface area (Å²) in [6.45, 7) is 6.22. The van der Waals surface area contributed by atoms with Gasteiger partial charge in [-0.05, 0) is 37.3 Å². The maximum absolute atomic E-state index is 12.2. The molecule has 0 unspecified atom stereocenters. The smallest absolute Gasteiger partial charge is 0.324 e. The van der Waals surface area contributed by atoms with E-state index in [4.69, 9.17) is 0 Å². The van der Waals surface area contributed by atoms with Crippen LogP contribution in [0.3, 0.4) is 0 Å². The van der Waals surface area contributed by atoms with Crippen LogP contribution in [-0.4, -0.2) is 29.1 Å². The molecule has 0 radical (unpaired) electrons. The fourth-order valence-electron chi connectivity index (χ4n) is 2.81. The predicted molar refractivity (Wildman–Crippen MR) is 96.5 cm³/mol. The zero-order chi connectivity index (χ0) is 16.9. The molecule has 0 aliphatic carbocycles. The minimum Gasteiger partial charge on any atom is -0.356 e. The Labute approximate surface area is 142 Å². The maximum atomic E-state index is 12.2. The lowest BCUT2D eigenvalue weighted by molar-refractivity contribution is 0.262. The molecule has 0 saturated carbocycles. The summed E-state index contributed by atoms with van der Waals surface area (Å²) in [7, 11) is 0. The van der Waals surface area contributed by atoms with E-state index >= 15 is 0 Å². The van der Waals surface area contributed by atoms with Gasteiger partial charge in [0.15, 0.2) is 0 Å². The first-order chi connectivity index (χ1) is 11.6. The van der Waals surface area contributed by atoms with Crippen molar-refractivity contribution < 1.29 is 4.79 Å². The van der Waals surface area contributed by atoms with Crippen molar-refractivity contribution in [2.24, 2.45) is 5.92 Å². The van der Waals surface area contributed by atoms with Crippen LogP contribution >= 0.6 is 0 Å². The molecule has 2 heterocycles. The molecule has 6 nitrogen and oxygen atoms in total. The molecular weight excluding hydrogens is 302 g/mol. The number of hydrogen-bond donors (Lipinski definition) is 2. The number of para-hydroxylation sites is 1. The Kier molecular flexibility index (Phi) is 4.93. The van der Waals surface area contributed by atoms with Gasteiger partial charge in [0.2, 0.25) is 0 Å². The molecule has 1 fully saturated rings. The number of nitrogens with one attached hydrogen (secondary N) is 2. The highest BCUT2D eigenvalue weighted by atomic mass is 16.2. The molecule has 126 valence electrons. The molecule has 0 atom stereocenters. The summed E-state index contributed by atoms with van der Waals surface area (Å²) < 4.78 is 0. The fourth-order valence-corrected chi connectivity index (χ4v) is 2.81. The Hall–Kier alpha value is -2.63. The van der Waals surface area contributed by atoms with Gasteiger partial charge in [-0.15, -0.1) is 0 Å². The van der Waals surface area contributed by atoms with Crippen LogP contribution in [0.25, 0.3) is 0 Å². The van der Waals surface area contributed by atoms with E-state index in [0.717, 1.165) is 36.1 Å². The number of benzene rings is 1. The van der Waals surface area contributed by atoms with Gasteiger partial charge in [-0.3, -0.25) is 5.32 Å². The van der Waals surface area contributed by atoms with E-state index in [1.165, 1.54) is 19.2 Å². The molecule has 24 heavy (non-hydrogen) atoms. The van der Waals surface area contributed by atoms with Crippen LogP contribution in [0, 0.1) is 12.8 Å². The minimum absolute atomic E-state index is 0.304. The molecular formula is C18H23N5O. The van der Waals surface area contributed by atoms with Crippen molar-refractivity contribution in [3.63, 3.8) is 0 Å². The first-order valence-corrected chi connectivity index (χ1v) is 8.32. The van der Waals surface area contributed by atoms with E-state index in [9.17, 15) is 4.79 Å². The molecule has 1 aromatic heterocycles. The number of rotatable bonds is 3. The van der Waals surface area contributed by atoms with Gasteiger partial charge >= 0.3 is 6.03 Å². The van der Waals surface area contributed by atoms with Crippen molar-refractivity contribution in [1.82, 2.24) is 9.97 Å². The van der Waals surface area contributed by atoms with Gasteiger partial charge in [-0.1, -0.05) is 25.1 Å². The third-order valence-electron chi connectivity index (χ3n) is 4.40. The van der Waals surface area contributed by atoms with E-state index < -0.39 is 0 Å². The van der Waals surface area contributed by atoms with Gasteiger partial charge in [0.25, 0.3) is 0 Å². The second-order valence-electron chi connectivity index (χ2n) is 6.33. The number of nitrogens with zero attached hydrogens (tertiary/aromatic N) is 3. The number of hydrogen-bond acceptors (Lipinski definition) is 4. The first-order valence-electron chi connectivity index (χ1n) is 8.32. The van der Waals surface area contributed by atoms with Crippen molar-refractivity contribution in [3.8, 4) is 0 Å². The Bertz CT molecular complexity index is 710. The third-order valence-corrected chi connectivity index (χ3v) is 4.40.